The third-order valence-corrected chi connectivity index (χ3v) is 5.01. The molecule has 1 atom stereocenters. The number of rotatable bonds is 7. The van der Waals surface area contributed by atoms with Gasteiger partial charge in [0.05, 0.1) is 0 Å². The van der Waals surface area contributed by atoms with Crippen LogP contribution in [-0.2, 0) is 21.5 Å². The Kier molecular flexibility index (Phi) is 5.53. The van der Waals surface area contributed by atoms with Crippen molar-refractivity contribution in [2.75, 3.05) is 0 Å². The molecule has 1 heterocycles. The van der Waals surface area contributed by atoms with Crippen LogP contribution in [-0.4, -0.2) is 27.1 Å². The number of carboxylic acid groups (broad SMARTS) is 1. The highest BCUT2D eigenvalue weighted by Gasteiger charge is 2.36. The number of carboxylic acids is 1. The molecule has 1 saturated carbocycles. The van der Waals surface area contributed by atoms with E-state index in [9.17, 15) is 19.1 Å². The van der Waals surface area contributed by atoms with E-state index < -0.39 is 23.2 Å². The van der Waals surface area contributed by atoms with Gasteiger partial charge in [0.2, 0.25) is 11.8 Å². The second-order valence-corrected chi connectivity index (χ2v) is 7.01. The van der Waals surface area contributed by atoms with E-state index in [0.29, 0.717) is 17.6 Å². The minimum Gasteiger partial charge on any atom is -0.479 e. The number of aromatic nitrogens is 2. The molecule has 2 N–H and O–H groups in total. The topological polar surface area (TPSA) is 105 Å². The maximum Gasteiger partial charge on any atom is 0.333 e. The monoisotopic (exact) mass is 375 g/mol. The Bertz CT molecular complexity index is 815. The summed E-state index contributed by atoms with van der Waals surface area (Å²) < 4.78 is 18.3. The van der Waals surface area contributed by atoms with E-state index in [1.165, 1.54) is 19.1 Å². The number of aryl methyl sites for hydroxylation is 1. The quantitative estimate of drug-likeness (QED) is 0.771. The van der Waals surface area contributed by atoms with Gasteiger partial charge in [0, 0.05) is 18.8 Å². The summed E-state index contributed by atoms with van der Waals surface area (Å²) in [4.78, 5) is 28.4. The third-order valence-electron chi connectivity index (χ3n) is 5.01. The van der Waals surface area contributed by atoms with Crippen LogP contribution in [0.5, 0.6) is 0 Å². The van der Waals surface area contributed by atoms with Gasteiger partial charge in [0.15, 0.2) is 11.4 Å². The first kappa shape index (κ1) is 19.0. The molecule has 7 nitrogen and oxygen atoms in total. The molecule has 0 spiro atoms. The molecule has 1 aliphatic rings. The van der Waals surface area contributed by atoms with Gasteiger partial charge in [0.25, 0.3) is 0 Å². The number of benzene rings is 1. The van der Waals surface area contributed by atoms with Crippen LogP contribution in [0.25, 0.3) is 0 Å². The number of carbonyl (C=O) groups excluding carboxylic acids is 1. The van der Waals surface area contributed by atoms with Gasteiger partial charge in [-0.2, -0.15) is 4.98 Å². The predicted octanol–water partition coefficient (Wildman–Crippen LogP) is 2.92. The summed E-state index contributed by atoms with van der Waals surface area (Å²) in [5, 5.41) is 16.1. The molecule has 0 bridgehead atoms. The van der Waals surface area contributed by atoms with Crippen LogP contribution in [0.4, 0.5) is 4.39 Å². The molecule has 0 aliphatic heterocycles. The first-order chi connectivity index (χ1) is 12.9. The summed E-state index contributed by atoms with van der Waals surface area (Å²) in [7, 11) is 0. The Hall–Kier alpha value is -2.77. The van der Waals surface area contributed by atoms with Crippen molar-refractivity contribution in [1.29, 1.82) is 0 Å². The van der Waals surface area contributed by atoms with Gasteiger partial charge in [-0.05, 0) is 37.5 Å². The molecule has 144 valence electrons. The molecule has 8 heteroatoms. The Labute approximate surface area is 156 Å². The number of hydrogen-bond acceptors (Lipinski definition) is 5. The summed E-state index contributed by atoms with van der Waals surface area (Å²) in [6.07, 6.45) is 4.66. The lowest BCUT2D eigenvalue weighted by Gasteiger charge is -2.26. The van der Waals surface area contributed by atoms with Crippen LogP contribution in [0, 0.1) is 5.82 Å². The Morgan fingerprint density at radius 1 is 1.30 bits per heavy atom. The van der Waals surface area contributed by atoms with Crippen molar-refractivity contribution >= 4 is 11.9 Å². The van der Waals surface area contributed by atoms with E-state index in [2.05, 4.69) is 15.5 Å². The summed E-state index contributed by atoms with van der Waals surface area (Å²) in [5.74, 6) is -0.804. The van der Waals surface area contributed by atoms with Gasteiger partial charge < -0.3 is 14.9 Å². The van der Waals surface area contributed by atoms with Crippen molar-refractivity contribution in [2.45, 2.75) is 56.9 Å². The molecule has 1 aromatic heterocycles. The Morgan fingerprint density at radius 3 is 2.59 bits per heavy atom. The first-order valence-electron chi connectivity index (χ1n) is 9.01. The van der Waals surface area contributed by atoms with Crippen LogP contribution in [0.15, 0.2) is 28.8 Å². The number of carbonyl (C=O) groups is 2. The van der Waals surface area contributed by atoms with E-state index in [0.717, 1.165) is 37.8 Å². The van der Waals surface area contributed by atoms with Crippen LogP contribution >= 0.6 is 0 Å². The van der Waals surface area contributed by atoms with Crippen molar-refractivity contribution in [2.24, 2.45) is 0 Å². The first-order valence-corrected chi connectivity index (χ1v) is 9.01. The lowest BCUT2D eigenvalue weighted by molar-refractivity contribution is -0.147. The molecule has 1 amide bonds. The van der Waals surface area contributed by atoms with E-state index in [1.54, 1.807) is 0 Å². The SMILES string of the molecule is CC(NC(=O)CCc1nc(C2CCCC2)no1)(C(=O)O)c1ccc(F)cc1. The predicted molar refractivity (Wildman–Crippen MR) is 93.4 cm³/mol. The van der Waals surface area contributed by atoms with E-state index in [-0.39, 0.29) is 18.4 Å². The van der Waals surface area contributed by atoms with Gasteiger partial charge in [0.1, 0.15) is 5.82 Å². The molecule has 2 aromatic rings. The van der Waals surface area contributed by atoms with Gasteiger partial charge >= 0.3 is 5.97 Å². The van der Waals surface area contributed by atoms with Gasteiger partial charge in [-0.15, -0.1) is 0 Å². The number of nitrogens with one attached hydrogen (secondary N) is 1. The van der Waals surface area contributed by atoms with E-state index >= 15 is 0 Å². The molecule has 0 saturated heterocycles. The molecule has 1 aliphatic carbocycles. The van der Waals surface area contributed by atoms with Crippen molar-refractivity contribution in [1.82, 2.24) is 15.5 Å². The highest BCUT2D eigenvalue weighted by Crippen LogP contribution is 2.32. The summed E-state index contributed by atoms with van der Waals surface area (Å²) in [6, 6.07) is 5.00. The van der Waals surface area contributed by atoms with E-state index in [1.807, 2.05) is 0 Å². The molecular weight excluding hydrogens is 353 g/mol. The molecule has 0 radical (unpaired) electrons. The number of amides is 1. The molecule has 27 heavy (non-hydrogen) atoms. The zero-order valence-electron chi connectivity index (χ0n) is 15.1. The summed E-state index contributed by atoms with van der Waals surface area (Å²) in [5.41, 5.74) is -1.37. The standard InChI is InChI=1S/C19H22FN3O4/c1-19(18(25)26,13-6-8-14(20)9-7-13)22-15(24)10-11-16-21-17(23-27-16)12-4-2-3-5-12/h6-9,12H,2-5,10-11H2,1H3,(H,22,24)(H,25,26). The zero-order chi connectivity index (χ0) is 19.4. The number of halogens is 1. The highest BCUT2D eigenvalue weighted by molar-refractivity contribution is 5.87. The number of nitrogens with zero attached hydrogens (tertiary/aromatic N) is 2. The van der Waals surface area contributed by atoms with Gasteiger partial charge in [-0.1, -0.05) is 30.1 Å². The third kappa shape index (κ3) is 4.32. The smallest absolute Gasteiger partial charge is 0.333 e. The average Bonchev–Trinajstić information content (AvgIpc) is 3.31. The number of aliphatic carboxylic acids is 1. The van der Waals surface area contributed by atoms with Crippen molar-refractivity contribution in [3.8, 4) is 0 Å². The number of hydrogen-bond donors (Lipinski definition) is 2. The lowest BCUT2D eigenvalue weighted by atomic mass is 9.91. The normalized spacial score (nSPS) is 16.8. The van der Waals surface area contributed by atoms with Gasteiger partial charge in [-0.25, -0.2) is 9.18 Å². The zero-order valence-corrected chi connectivity index (χ0v) is 15.1. The second kappa shape index (κ2) is 7.85. The highest BCUT2D eigenvalue weighted by atomic mass is 19.1. The Balaban J connectivity index is 1.61. The van der Waals surface area contributed by atoms with Crippen molar-refractivity contribution in [3.05, 3.63) is 47.4 Å². The maximum absolute atomic E-state index is 13.1. The summed E-state index contributed by atoms with van der Waals surface area (Å²) in [6.45, 7) is 1.37. The minimum atomic E-state index is -1.66. The van der Waals surface area contributed by atoms with Crippen molar-refractivity contribution < 1.29 is 23.6 Å². The fraction of sp³-hybridized carbons (Fsp3) is 0.474. The fourth-order valence-electron chi connectivity index (χ4n) is 3.31. The fourth-order valence-corrected chi connectivity index (χ4v) is 3.31. The van der Waals surface area contributed by atoms with Crippen LogP contribution in [0.2, 0.25) is 0 Å². The summed E-state index contributed by atoms with van der Waals surface area (Å²) >= 11 is 0. The molecule has 3 rings (SSSR count). The van der Waals surface area contributed by atoms with Crippen LogP contribution < -0.4 is 5.32 Å². The second-order valence-electron chi connectivity index (χ2n) is 7.01. The average molecular weight is 375 g/mol. The molecule has 1 fully saturated rings. The largest absolute Gasteiger partial charge is 0.479 e. The maximum atomic E-state index is 13.1. The minimum absolute atomic E-state index is 0.0103. The van der Waals surface area contributed by atoms with E-state index in [4.69, 9.17) is 4.52 Å². The molecule has 1 aromatic carbocycles. The molecule has 1 unspecified atom stereocenters. The Morgan fingerprint density at radius 2 is 1.96 bits per heavy atom. The van der Waals surface area contributed by atoms with Gasteiger partial charge in [-0.3, -0.25) is 4.79 Å². The van der Waals surface area contributed by atoms with Crippen LogP contribution in [0.3, 0.4) is 0 Å². The van der Waals surface area contributed by atoms with Crippen molar-refractivity contribution in [3.63, 3.8) is 0 Å². The molecular formula is C19H22FN3O4. The lowest BCUT2D eigenvalue weighted by Crippen LogP contribution is -2.49. The van der Waals surface area contributed by atoms with Crippen LogP contribution in [0.1, 0.15) is 62.2 Å².